The second-order valence-corrected chi connectivity index (χ2v) is 6.00. The number of aromatic nitrogens is 3. The zero-order valence-corrected chi connectivity index (χ0v) is 15.0. The Hall–Kier alpha value is -3.87. The standard InChI is InChI=1S/C21H18N4O3/c26-21(22-14-20-24-23-19-8-4-5-13-25(19)20)15-27-16-9-11-18(12-10-16)28-17-6-2-1-3-7-17/h1-13H,14-15H2,(H,22,26). The van der Waals surface area contributed by atoms with Crippen LogP contribution in [0.15, 0.2) is 79.0 Å². The van der Waals surface area contributed by atoms with E-state index in [1.807, 2.05) is 59.1 Å². The second kappa shape index (κ2) is 8.22. The summed E-state index contributed by atoms with van der Waals surface area (Å²) in [4.78, 5) is 12.0. The minimum atomic E-state index is -0.239. The van der Waals surface area contributed by atoms with Crippen LogP contribution >= 0.6 is 0 Å². The van der Waals surface area contributed by atoms with E-state index in [1.54, 1.807) is 24.3 Å². The van der Waals surface area contributed by atoms with Gasteiger partial charge in [0.1, 0.15) is 17.2 Å². The number of amides is 1. The second-order valence-electron chi connectivity index (χ2n) is 6.00. The fourth-order valence-corrected chi connectivity index (χ4v) is 2.62. The van der Waals surface area contributed by atoms with Gasteiger partial charge in [-0.3, -0.25) is 9.20 Å². The minimum Gasteiger partial charge on any atom is -0.484 e. The van der Waals surface area contributed by atoms with Crippen molar-refractivity contribution in [1.82, 2.24) is 19.9 Å². The summed E-state index contributed by atoms with van der Waals surface area (Å²) in [5, 5.41) is 10.9. The van der Waals surface area contributed by atoms with E-state index >= 15 is 0 Å². The highest BCUT2D eigenvalue weighted by atomic mass is 16.5. The monoisotopic (exact) mass is 374 g/mol. The molecule has 0 fully saturated rings. The van der Waals surface area contributed by atoms with Gasteiger partial charge < -0.3 is 14.8 Å². The topological polar surface area (TPSA) is 77.8 Å². The SMILES string of the molecule is O=C(COc1ccc(Oc2ccccc2)cc1)NCc1nnc2ccccn12. The molecule has 4 rings (SSSR count). The van der Waals surface area contributed by atoms with Crippen LogP contribution in [0.4, 0.5) is 0 Å². The number of rotatable bonds is 7. The molecular formula is C21H18N4O3. The van der Waals surface area contributed by atoms with E-state index in [0.29, 0.717) is 17.3 Å². The fourth-order valence-electron chi connectivity index (χ4n) is 2.62. The van der Waals surface area contributed by atoms with Crippen LogP contribution in [-0.4, -0.2) is 27.1 Å². The van der Waals surface area contributed by atoms with E-state index in [1.165, 1.54) is 0 Å². The quantitative estimate of drug-likeness (QED) is 0.537. The zero-order valence-electron chi connectivity index (χ0n) is 15.0. The van der Waals surface area contributed by atoms with Crippen LogP contribution in [-0.2, 0) is 11.3 Å². The summed E-state index contributed by atoms with van der Waals surface area (Å²) in [6.45, 7) is 0.187. The minimum absolute atomic E-state index is 0.0877. The molecular weight excluding hydrogens is 356 g/mol. The van der Waals surface area contributed by atoms with Crippen LogP contribution in [0.1, 0.15) is 5.82 Å². The molecule has 0 bridgehead atoms. The largest absolute Gasteiger partial charge is 0.484 e. The van der Waals surface area contributed by atoms with Crippen molar-refractivity contribution in [2.45, 2.75) is 6.54 Å². The van der Waals surface area contributed by atoms with Gasteiger partial charge in [-0.15, -0.1) is 10.2 Å². The molecule has 7 nitrogen and oxygen atoms in total. The molecule has 28 heavy (non-hydrogen) atoms. The lowest BCUT2D eigenvalue weighted by Gasteiger charge is -2.09. The third kappa shape index (κ3) is 4.27. The molecule has 0 atom stereocenters. The average molecular weight is 374 g/mol. The molecule has 1 N–H and O–H groups in total. The number of hydrogen-bond acceptors (Lipinski definition) is 5. The van der Waals surface area contributed by atoms with E-state index in [-0.39, 0.29) is 19.1 Å². The van der Waals surface area contributed by atoms with Gasteiger partial charge in [0.05, 0.1) is 6.54 Å². The maximum atomic E-state index is 12.0. The number of para-hydroxylation sites is 1. The molecule has 0 aliphatic rings. The fraction of sp³-hybridized carbons (Fsp3) is 0.0952. The van der Waals surface area contributed by atoms with E-state index in [4.69, 9.17) is 9.47 Å². The van der Waals surface area contributed by atoms with Crippen LogP contribution in [0.5, 0.6) is 17.2 Å². The smallest absolute Gasteiger partial charge is 0.258 e. The third-order valence-corrected chi connectivity index (χ3v) is 4.00. The lowest BCUT2D eigenvalue weighted by molar-refractivity contribution is -0.123. The normalized spacial score (nSPS) is 10.6. The van der Waals surface area contributed by atoms with Crippen molar-refractivity contribution in [1.29, 1.82) is 0 Å². The molecule has 0 saturated carbocycles. The first-order valence-electron chi connectivity index (χ1n) is 8.79. The van der Waals surface area contributed by atoms with Crippen LogP contribution in [0.3, 0.4) is 0 Å². The molecule has 4 aromatic rings. The summed E-state index contributed by atoms with van der Waals surface area (Å²) in [6, 6.07) is 22.3. The van der Waals surface area contributed by atoms with Crippen molar-refractivity contribution in [2.24, 2.45) is 0 Å². The third-order valence-electron chi connectivity index (χ3n) is 4.00. The van der Waals surface area contributed by atoms with Gasteiger partial charge in [0.2, 0.25) is 0 Å². The summed E-state index contributed by atoms with van der Waals surface area (Å²) in [5.41, 5.74) is 0.737. The Morgan fingerprint density at radius 2 is 1.57 bits per heavy atom. The molecule has 140 valence electrons. The molecule has 0 spiro atoms. The molecule has 2 aromatic heterocycles. The Kier molecular flexibility index (Phi) is 5.15. The summed E-state index contributed by atoms with van der Waals surface area (Å²) in [7, 11) is 0. The predicted molar refractivity (Wildman–Crippen MR) is 103 cm³/mol. The number of pyridine rings is 1. The summed E-state index contributed by atoms with van der Waals surface area (Å²) >= 11 is 0. The van der Waals surface area contributed by atoms with E-state index in [9.17, 15) is 4.79 Å². The molecule has 0 saturated heterocycles. The number of fused-ring (bicyclic) bond motifs is 1. The van der Waals surface area contributed by atoms with Crippen LogP contribution in [0.2, 0.25) is 0 Å². The Morgan fingerprint density at radius 3 is 2.39 bits per heavy atom. The van der Waals surface area contributed by atoms with Crippen molar-refractivity contribution in [3.05, 3.63) is 84.8 Å². The maximum Gasteiger partial charge on any atom is 0.258 e. The first-order valence-corrected chi connectivity index (χ1v) is 8.79. The number of ether oxygens (including phenoxy) is 2. The Morgan fingerprint density at radius 1 is 0.857 bits per heavy atom. The van der Waals surface area contributed by atoms with Crippen molar-refractivity contribution >= 4 is 11.6 Å². The highest BCUT2D eigenvalue weighted by Gasteiger charge is 2.08. The Balaban J connectivity index is 1.26. The maximum absolute atomic E-state index is 12.0. The van der Waals surface area contributed by atoms with Crippen molar-refractivity contribution in [2.75, 3.05) is 6.61 Å². The number of benzene rings is 2. The Labute approximate surface area is 161 Å². The van der Waals surface area contributed by atoms with Gasteiger partial charge in [-0.1, -0.05) is 24.3 Å². The van der Waals surface area contributed by atoms with Crippen molar-refractivity contribution in [3.8, 4) is 17.2 Å². The lowest BCUT2D eigenvalue weighted by atomic mass is 10.3. The first kappa shape index (κ1) is 17.5. The lowest BCUT2D eigenvalue weighted by Crippen LogP contribution is -2.29. The number of nitrogens with zero attached hydrogens (tertiary/aromatic N) is 3. The van der Waals surface area contributed by atoms with Crippen molar-refractivity contribution < 1.29 is 14.3 Å². The van der Waals surface area contributed by atoms with E-state index in [0.717, 1.165) is 11.4 Å². The van der Waals surface area contributed by atoms with Gasteiger partial charge in [-0.05, 0) is 48.5 Å². The van der Waals surface area contributed by atoms with Gasteiger partial charge in [0, 0.05) is 6.20 Å². The Bertz CT molecular complexity index is 1060. The van der Waals surface area contributed by atoms with Gasteiger partial charge >= 0.3 is 0 Å². The molecule has 7 heteroatoms. The van der Waals surface area contributed by atoms with Crippen LogP contribution in [0.25, 0.3) is 5.65 Å². The van der Waals surface area contributed by atoms with Crippen molar-refractivity contribution in [3.63, 3.8) is 0 Å². The number of hydrogen-bond donors (Lipinski definition) is 1. The molecule has 2 heterocycles. The molecule has 0 radical (unpaired) electrons. The number of carbonyl (C=O) groups excluding carboxylic acids is 1. The highest BCUT2D eigenvalue weighted by molar-refractivity contribution is 5.77. The average Bonchev–Trinajstić information content (AvgIpc) is 3.16. The molecule has 0 aliphatic carbocycles. The summed E-state index contributed by atoms with van der Waals surface area (Å²) < 4.78 is 13.1. The van der Waals surface area contributed by atoms with Gasteiger partial charge in [0.15, 0.2) is 18.1 Å². The van der Waals surface area contributed by atoms with Crippen LogP contribution in [0, 0.1) is 0 Å². The summed E-state index contributed by atoms with van der Waals surface area (Å²) in [5.74, 6) is 2.46. The zero-order chi connectivity index (χ0) is 19.2. The van der Waals surface area contributed by atoms with E-state index < -0.39 is 0 Å². The van der Waals surface area contributed by atoms with Gasteiger partial charge in [0.25, 0.3) is 5.91 Å². The molecule has 0 unspecified atom stereocenters. The molecule has 2 aromatic carbocycles. The number of carbonyl (C=O) groups is 1. The predicted octanol–water partition coefficient (Wildman–Crippen LogP) is 3.22. The van der Waals surface area contributed by atoms with Gasteiger partial charge in [-0.2, -0.15) is 0 Å². The number of nitrogens with one attached hydrogen (secondary N) is 1. The van der Waals surface area contributed by atoms with E-state index in [2.05, 4.69) is 15.5 Å². The summed E-state index contributed by atoms with van der Waals surface area (Å²) in [6.07, 6.45) is 1.85. The first-order chi connectivity index (χ1) is 13.8. The van der Waals surface area contributed by atoms with Gasteiger partial charge in [-0.25, -0.2) is 0 Å². The molecule has 1 amide bonds. The molecule has 0 aliphatic heterocycles. The highest BCUT2D eigenvalue weighted by Crippen LogP contribution is 2.23. The van der Waals surface area contributed by atoms with Crippen LogP contribution < -0.4 is 14.8 Å².